The van der Waals surface area contributed by atoms with Crippen molar-refractivity contribution in [2.24, 2.45) is 0 Å². The lowest BCUT2D eigenvalue weighted by atomic mass is 9.67. The van der Waals surface area contributed by atoms with E-state index in [-0.39, 0.29) is 5.41 Å². The summed E-state index contributed by atoms with van der Waals surface area (Å²) in [7, 11) is 0. The van der Waals surface area contributed by atoms with E-state index in [2.05, 4.69) is 144 Å². The van der Waals surface area contributed by atoms with Gasteiger partial charge in [-0.1, -0.05) is 72.8 Å². The molecule has 0 radical (unpaired) electrons. The molecule has 0 amide bonds. The van der Waals surface area contributed by atoms with Crippen LogP contribution >= 0.6 is 45.2 Å². The minimum absolute atomic E-state index is 0.294. The van der Waals surface area contributed by atoms with Gasteiger partial charge in [-0.3, -0.25) is 0 Å². The lowest BCUT2D eigenvalue weighted by molar-refractivity contribution is 0.765. The Morgan fingerprint density at radius 2 is 0.966 bits per heavy atom. The average Bonchev–Trinajstić information content (AvgIpc) is 3.04. The van der Waals surface area contributed by atoms with Crippen LogP contribution in [0.15, 0.2) is 84.9 Å². The minimum Gasteiger partial charge on any atom is -0.0619 e. The molecule has 0 saturated carbocycles. The molecule has 0 unspecified atom stereocenters. The highest BCUT2D eigenvalue weighted by Gasteiger charge is 2.46. The molecule has 142 valence electrons. The molecule has 0 heterocycles. The number of hydrogen-bond donors (Lipinski definition) is 0. The Labute approximate surface area is 199 Å². The third-order valence-electron chi connectivity index (χ3n) is 6.13. The fraction of sp³-hybridized carbons (Fsp3) is 0.111. The van der Waals surface area contributed by atoms with Gasteiger partial charge in [-0.25, -0.2) is 0 Å². The Morgan fingerprint density at radius 3 is 1.38 bits per heavy atom. The molecule has 0 aromatic heterocycles. The maximum Gasteiger partial charge on any atom is 0.0713 e. The summed E-state index contributed by atoms with van der Waals surface area (Å²) in [4.78, 5) is 0. The Bertz CT molecular complexity index is 1150. The normalized spacial score (nSPS) is 13.8. The van der Waals surface area contributed by atoms with Gasteiger partial charge in [0.15, 0.2) is 0 Å². The van der Waals surface area contributed by atoms with Crippen LogP contribution in [0.25, 0.3) is 11.1 Å². The van der Waals surface area contributed by atoms with Gasteiger partial charge in [-0.05, 0) is 116 Å². The molecule has 0 N–H and O–H groups in total. The van der Waals surface area contributed by atoms with Gasteiger partial charge in [0.25, 0.3) is 0 Å². The quantitative estimate of drug-likeness (QED) is 0.182. The summed E-state index contributed by atoms with van der Waals surface area (Å²) in [5.74, 6) is 0. The smallest absolute Gasteiger partial charge is 0.0619 e. The molecule has 0 spiro atoms. The molecule has 1 aliphatic rings. The van der Waals surface area contributed by atoms with E-state index in [1.807, 2.05) is 0 Å². The van der Waals surface area contributed by atoms with Crippen LogP contribution in [-0.2, 0) is 5.41 Å². The molecular weight excluding hydrogens is 578 g/mol. The molecule has 5 rings (SSSR count). The highest BCUT2D eigenvalue weighted by molar-refractivity contribution is 14.1. The first-order valence-corrected chi connectivity index (χ1v) is 11.9. The summed E-state index contributed by atoms with van der Waals surface area (Å²) in [5.41, 5.74) is 10.5. The zero-order valence-corrected chi connectivity index (χ0v) is 20.7. The molecule has 0 nitrogen and oxygen atoms in total. The zero-order chi connectivity index (χ0) is 20.2. The van der Waals surface area contributed by atoms with Crippen LogP contribution in [-0.4, -0.2) is 0 Å². The predicted octanol–water partition coefficient (Wildman–Crippen LogP) is 7.88. The number of benzene rings is 4. The average molecular weight is 598 g/mol. The maximum atomic E-state index is 2.43. The monoisotopic (exact) mass is 598 g/mol. The maximum absolute atomic E-state index is 2.43. The van der Waals surface area contributed by atoms with Crippen LogP contribution in [0, 0.1) is 21.0 Å². The van der Waals surface area contributed by atoms with Crippen molar-refractivity contribution in [2.45, 2.75) is 19.3 Å². The first-order chi connectivity index (χ1) is 14.0. The van der Waals surface area contributed by atoms with Crippen molar-refractivity contribution in [2.75, 3.05) is 0 Å². The standard InChI is InChI=1S/C27H20I2/c1-17-15-19(11-13-25(17)28)27(20-12-14-26(29)18(2)16-20)23-9-5-3-7-21(23)22-8-4-6-10-24(22)27/h3-16H,1-2H3. The Morgan fingerprint density at radius 1 is 0.552 bits per heavy atom. The second kappa shape index (κ2) is 7.24. The first kappa shape index (κ1) is 19.3. The van der Waals surface area contributed by atoms with Crippen molar-refractivity contribution in [1.29, 1.82) is 0 Å². The van der Waals surface area contributed by atoms with E-state index in [1.54, 1.807) is 0 Å². The number of rotatable bonds is 2. The fourth-order valence-electron chi connectivity index (χ4n) is 4.78. The summed E-state index contributed by atoms with van der Waals surface area (Å²) < 4.78 is 2.61. The number of halogens is 2. The van der Waals surface area contributed by atoms with Gasteiger partial charge in [0.05, 0.1) is 5.41 Å². The number of fused-ring (bicyclic) bond motifs is 3. The summed E-state index contributed by atoms with van der Waals surface area (Å²) in [6, 6.07) is 31.8. The van der Waals surface area contributed by atoms with E-state index in [0.29, 0.717) is 0 Å². The van der Waals surface area contributed by atoms with E-state index in [1.165, 1.54) is 51.6 Å². The van der Waals surface area contributed by atoms with Gasteiger partial charge < -0.3 is 0 Å². The number of aryl methyl sites for hydroxylation is 2. The molecule has 0 fully saturated rings. The second-order valence-electron chi connectivity index (χ2n) is 7.77. The van der Waals surface area contributed by atoms with E-state index >= 15 is 0 Å². The van der Waals surface area contributed by atoms with Crippen LogP contribution in [0.4, 0.5) is 0 Å². The Balaban J connectivity index is 1.97. The molecule has 0 saturated heterocycles. The van der Waals surface area contributed by atoms with Gasteiger partial charge in [0.2, 0.25) is 0 Å². The topological polar surface area (TPSA) is 0 Å². The molecule has 0 aliphatic heterocycles. The SMILES string of the molecule is Cc1cc(C2(c3ccc(I)c(C)c3)c3ccccc3-c3ccccc32)ccc1I. The van der Waals surface area contributed by atoms with Crippen molar-refractivity contribution in [3.8, 4) is 11.1 Å². The Hall–Kier alpha value is -1.66. The lowest BCUT2D eigenvalue weighted by Gasteiger charge is -2.34. The summed E-state index contributed by atoms with van der Waals surface area (Å²) in [6.07, 6.45) is 0. The second-order valence-corrected chi connectivity index (χ2v) is 10.1. The van der Waals surface area contributed by atoms with Crippen LogP contribution in [0.1, 0.15) is 33.4 Å². The molecule has 4 aromatic rings. The molecule has 4 aromatic carbocycles. The minimum atomic E-state index is -0.294. The molecule has 2 heteroatoms. The highest BCUT2D eigenvalue weighted by Crippen LogP contribution is 2.56. The Kier molecular flexibility index (Phi) is 4.82. The van der Waals surface area contributed by atoms with Gasteiger partial charge in [0, 0.05) is 7.14 Å². The van der Waals surface area contributed by atoms with Gasteiger partial charge in [-0.15, -0.1) is 0 Å². The van der Waals surface area contributed by atoms with Crippen molar-refractivity contribution >= 4 is 45.2 Å². The van der Waals surface area contributed by atoms with Crippen LogP contribution in [0.3, 0.4) is 0 Å². The largest absolute Gasteiger partial charge is 0.0713 e. The molecule has 0 bridgehead atoms. The van der Waals surface area contributed by atoms with E-state index < -0.39 is 0 Å². The highest BCUT2D eigenvalue weighted by atomic mass is 127. The van der Waals surface area contributed by atoms with Crippen molar-refractivity contribution in [1.82, 2.24) is 0 Å². The third kappa shape index (κ3) is 2.82. The summed E-state index contributed by atoms with van der Waals surface area (Å²) >= 11 is 4.86. The van der Waals surface area contributed by atoms with Crippen molar-refractivity contribution in [3.05, 3.63) is 125 Å². The van der Waals surface area contributed by atoms with Gasteiger partial charge in [-0.2, -0.15) is 0 Å². The zero-order valence-electron chi connectivity index (χ0n) is 16.3. The third-order valence-corrected chi connectivity index (χ3v) is 8.55. The molecule has 0 atom stereocenters. The molecule has 29 heavy (non-hydrogen) atoms. The number of hydrogen-bond acceptors (Lipinski definition) is 0. The van der Waals surface area contributed by atoms with Crippen molar-refractivity contribution < 1.29 is 0 Å². The summed E-state index contributed by atoms with van der Waals surface area (Å²) in [5, 5.41) is 0. The first-order valence-electron chi connectivity index (χ1n) is 9.76. The van der Waals surface area contributed by atoms with E-state index in [0.717, 1.165) is 0 Å². The summed E-state index contributed by atoms with van der Waals surface area (Å²) in [6.45, 7) is 4.43. The van der Waals surface area contributed by atoms with E-state index in [9.17, 15) is 0 Å². The van der Waals surface area contributed by atoms with Crippen LogP contribution < -0.4 is 0 Å². The van der Waals surface area contributed by atoms with Gasteiger partial charge >= 0.3 is 0 Å². The predicted molar refractivity (Wildman–Crippen MR) is 139 cm³/mol. The lowest BCUT2D eigenvalue weighted by Crippen LogP contribution is -2.29. The van der Waals surface area contributed by atoms with E-state index in [4.69, 9.17) is 0 Å². The molecular formula is C27H20I2. The van der Waals surface area contributed by atoms with Crippen LogP contribution in [0.2, 0.25) is 0 Å². The fourth-order valence-corrected chi connectivity index (χ4v) is 5.45. The van der Waals surface area contributed by atoms with Crippen molar-refractivity contribution in [3.63, 3.8) is 0 Å². The van der Waals surface area contributed by atoms with Crippen LogP contribution in [0.5, 0.6) is 0 Å². The van der Waals surface area contributed by atoms with Gasteiger partial charge in [0.1, 0.15) is 0 Å². The molecule has 1 aliphatic carbocycles.